The Labute approximate surface area is 242 Å². The third-order valence-electron chi connectivity index (χ3n) is 7.21. The number of pyridine rings is 1. The predicted molar refractivity (Wildman–Crippen MR) is 161 cm³/mol. The van der Waals surface area contributed by atoms with E-state index in [4.69, 9.17) is 0 Å². The molecule has 4 aromatic rings. The summed E-state index contributed by atoms with van der Waals surface area (Å²) in [6, 6.07) is 13.6. The van der Waals surface area contributed by atoms with Crippen molar-refractivity contribution in [1.82, 2.24) is 34.8 Å². The smallest absolute Gasteiger partial charge is 0.254 e. The van der Waals surface area contributed by atoms with Gasteiger partial charge in [-0.05, 0) is 95.3 Å². The number of aryl methyl sites for hydroxylation is 3. The van der Waals surface area contributed by atoms with Crippen LogP contribution in [0.5, 0.6) is 0 Å². The van der Waals surface area contributed by atoms with E-state index in [0.717, 1.165) is 23.9 Å². The van der Waals surface area contributed by atoms with Crippen molar-refractivity contribution in [1.29, 1.82) is 0 Å². The van der Waals surface area contributed by atoms with E-state index in [0.29, 0.717) is 35.6 Å². The molecule has 0 saturated carbocycles. The van der Waals surface area contributed by atoms with Gasteiger partial charge in [-0.2, -0.15) is 4.80 Å². The lowest BCUT2D eigenvalue weighted by Crippen LogP contribution is -2.50. The molecule has 0 fully saturated rings. The number of rotatable bonds is 11. The molecule has 0 aliphatic heterocycles. The summed E-state index contributed by atoms with van der Waals surface area (Å²) >= 11 is 0. The third kappa shape index (κ3) is 7.27. The van der Waals surface area contributed by atoms with Gasteiger partial charge in [-0.1, -0.05) is 31.2 Å². The number of aromatic nitrogens is 5. The molecule has 3 aromatic heterocycles. The minimum absolute atomic E-state index is 0.00847. The van der Waals surface area contributed by atoms with Crippen molar-refractivity contribution in [2.24, 2.45) is 7.05 Å². The van der Waals surface area contributed by atoms with Crippen LogP contribution in [0.2, 0.25) is 0 Å². The Morgan fingerprint density at radius 3 is 2.27 bits per heavy atom. The lowest BCUT2D eigenvalue weighted by molar-refractivity contribution is 0.0748. The second-order valence-electron chi connectivity index (χ2n) is 12.4. The van der Waals surface area contributed by atoms with E-state index in [1.165, 1.54) is 10.4 Å². The van der Waals surface area contributed by atoms with Gasteiger partial charge in [-0.15, -0.1) is 10.2 Å². The summed E-state index contributed by atoms with van der Waals surface area (Å²) in [6.45, 7) is 15.8. The minimum Gasteiger partial charge on any atom is -0.331 e. The molecule has 0 radical (unpaired) electrons. The van der Waals surface area contributed by atoms with Gasteiger partial charge in [0.15, 0.2) is 5.82 Å². The third-order valence-corrected chi connectivity index (χ3v) is 7.21. The van der Waals surface area contributed by atoms with Crippen molar-refractivity contribution in [3.8, 4) is 0 Å². The number of fused-ring (bicyclic) bond motifs is 1. The van der Waals surface area contributed by atoms with E-state index in [1.54, 1.807) is 18.0 Å². The zero-order valence-corrected chi connectivity index (χ0v) is 25.7. The molecule has 218 valence electrons. The highest BCUT2D eigenvalue weighted by Crippen LogP contribution is 2.24. The standard InChI is InChI=1S/C32H43N7O2/c1-9-23-19-26-20-25(30(41)38(10-2)21-27-33-36-37(8)34-27)16-18-39(26)28(23)29(40)24-13-11-22(12-14-24)15-17-32(6,7)35-31(3,4)5/h11-14,16,18-20,35H,9-10,15,17,21H2,1-8H3. The number of amides is 1. The van der Waals surface area contributed by atoms with Gasteiger partial charge in [0, 0.05) is 40.5 Å². The number of hydrogen-bond donors (Lipinski definition) is 1. The number of carbonyl (C=O) groups is 2. The second kappa shape index (κ2) is 11.9. The molecule has 1 aromatic carbocycles. The van der Waals surface area contributed by atoms with E-state index < -0.39 is 0 Å². The largest absolute Gasteiger partial charge is 0.331 e. The van der Waals surface area contributed by atoms with Gasteiger partial charge in [0.25, 0.3) is 5.91 Å². The van der Waals surface area contributed by atoms with Crippen molar-refractivity contribution in [2.45, 2.75) is 85.4 Å². The van der Waals surface area contributed by atoms with Crippen molar-refractivity contribution in [3.63, 3.8) is 0 Å². The summed E-state index contributed by atoms with van der Waals surface area (Å²) in [5.41, 5.74) is 4.88. The number of carbonyl (C=O) groups excluding carboxylic acids is 2. The zero-order chi connectivity index (χ0) is 29.9. The fraction of sp³-hybridized carbons (Fsp3) is 0.469. The van der Waals surface area contributed by atoms with Gasteiger partial charge < -0.3 is 14.6 Å². The van der Waals surface area contributed by atoms with Crippen LogP contribution < -0.4 is 5.32 Å². The SMILES string of the molecule is CCc1cc2cc(C(=O)N(CC)Cc3nnn(C)n3)ccn2c1C(=O)c1ccc(CCC(C)(C)NC(C)(C)C)cc1. The molecular formula is C32H43N7O2. The topological polar surface area (TPSA) is 97.4 Å². The van der Waals surface area contributed by atoms with Crippen LogP contribution in [-0.4, -0.2) is 58.8 Å². The van der Waals surface area contributed by atoms with Crippen LogP contribution in [0, 0.1) is 0 Å². The Morgan fingerprint density at radius 2 is 1.68 bits per heavy atom. The van der Waals surface area contributed by atoms with Gasteiger partial charge in [-0.25, -0.2) is 0 Å². The summed E-state index contributed by atoms with van der Waals surface area (Å²) < 4.78 is 1.90. The van der Waals surface area contributed by atoms with E-state index in [2.05, 4.69) is 67.5 Å². The number of tetrazole rings is 1. The van der Waals surface area contributed by atoms with Crippen LogP contribution in [0.15, 0.2) is 48.7 Å². The maximum Gasteiger partial charge on any atom is 0.254 e. The first kappa shape index (κ1) is 30.1. The van der Waals surface area contributed by atoms with E-state index >= 15 is 0 Å². The predicted octanol–water partition coefficient (Wildman–Crippen LogP) is 5.02. The molecular weight excluding hydrogens is 514 g/mol. The number of ketones is 1. The van der Waals surface area contributed by atoms with Crippen LogP contribution in [0.1, 0.15) is 98.2 Å². The highest BCUT2D eigenvalue weighted by atomic mass is 16.2. The number of nitrogens with zero attached hydrogens (tertiary/aromatic N) is 6. The number of benzene rings is 1. The van der Waals surface area contributed by atoms with E-state index in [9.17, 15) is 9.59 Å². The lowest BCUT2D eigenvalue weighted by atomic mass is 9.91. The van der Waals surface area contributed by atoms with Gasteiger partial charge in [0.05, 0.1) is 19.3 Å². The Balaban J connectivity index is 1.53. The first-order valence-corrected chi connectivity index (χ1v) is 14.4. The molecule has 41 heavy (non-hydrogen) atoms. The van der Waals surface area contributed by atoms with Crippen LogP contribution in [0.4, 0.5) is 0 Å². The first-order chi connectivity index (χ1) is 19.3. The van der Waals surface area contributed by atoms with Gasteiger partial charge in [-0.3, -0.25) is 9.59 Å². The van der Waals surface area contributed by atoms with Crippen molar-refractivity contribution < 1.29 is 9.59 Å². The number of nitrogens with one attached hydrogen (secondary N) is 1. The molecule has 3 heterocycles. The summed E-state index contributed by atoms with van der Waals surface area (Å²) in [7, 11) is 1.70. The summed E-state index contributed by atoms with van der Waals surface area (Å²) in [5, 5.41) is 15.7. The maximum absolute atomic E-state index is 13.7. The molecule has 9 heteroatoms. The Bertz CT molecular complexity index is 1520. The average molecular weight is 558 g/mol. The van der Waals surface area contributed by atoms with Crippen LogP contribution in [0.3, 0.4) is 0 Å². The fourth-order valence-corrected chi connectivity index (χ4v) is 5.45. The monoisotopic (exact) mass is 557 g/mol. The van der Waals surface area contributed by atoms with Crippen LogP contribution in [-0.2, 0) is 26.4 Å². The molecule has 0 aliphatic carbocycles. The summed E-state index contributed by atoms with van der Waals surface area (Å²) in [4.78, 5) is 30.1. The highest BCUT2D eigenvalue weighted by Gasteiger charge is 2.24. The first-order valence-electron chi connectivity index (χ1n) is 14.4. The summed E-state index contributed by atoms with van der Waals surface area (Å²) in [6.07, 6.45) is 4.45. The molecule has 0 atom stereocenters. The average Bonchev–Trinajstić information content (AvgIpc) is 3.50. The highest BCUT2D eigenvalue weighted by molar-refractivity contribution is 6.10. The Kier molecular flexibility index (Phi) is 8.77. The minimum atomic E-state index is -0.119. The molecule has 1 amide bonds. The Morgan fingerprint density at radius 1 is 0.976 bits per heavy atom. The quantitative estimate of drug-likeness (QED) is 0.260. The normalized spacial score (nSPS) is 12.2. The number of hydrogen-bond acceptors (Lipinski definition) is 6. The van der Waals surface area contributed by atoms with Crippen molar-refractivity contribution >= 4 is 17.2 Å². The maximum atomic E-state index is 13.7. The molecule has 0 bridgehead atoms. The molecule has 1 N–H and O–H groups in total. The van der Waals surface area contributed by atoms with Crippen LogP contribution >= 0.6 is 0 Å². The van der Waals surface area contributed by atoms with Crippen LogP contribution in [0.25, 0.3) is 5.52 Å². The molecule has 4 rings (SSSR count). The summed E-state index contributed by atoms with van der Waals surface area (Å²) in [5.74, 6) is 0.348. The van der Waals surface area contributed by atoms with Gasteiger partial charge >= 0.3 is 0 Å². The van der Waals surface area contributed by atoms with E-state index in [1.807, 2.05) is 48.7 Å². The second-order valence-corrected chi connectivity index (χ2v) is 12.4. The van der Waals surface area contributed by atoms with Gasteiger partial charge in [0.2, 0.25) is 5.78 Å². The zero-order valence-electron chi connectivity index (χ0n) is 25.7. The lowest BCUT2D eigenvalue weighted by Gasteiger charge is -2.35. The Hall–Kier alpha value is -3.85. The van der Waals surface area contributed by atoms with E-state index in [-0.39, 0.29) is 29.3 Å². The molecule has 9 nitrogen and oxygen atoms in total. The molecule has 0 spiro atoms. The fourth-order valence-electron chi connectivity index (χ4n) is 5.45. The van der Waals surface area contributed by atoms with Crippen molar-refractivity contribution in [3.05, 3.63) is 82.4 Å². The molecule has 0 saturated heterocycles. The van der Waals surface area contributed by atoms with Gasteiger partial charge in [0.1, 0.15) is 0 Å². The molecule has 0 aliphatic rings. The van der Waals surface area contributed by atoms with Crippen molar-refractivity contribution in [2.75, 3.05) is 6.54 Å². The molecule has 0 unspecified atom stereocenters.